The molecule has 0 radical (unpaired) electrons. The molecule has 2 aromatic carbocycles. The van der Waals surface area contributed by atoms with Crippen LogP contribution in [0.15, 0.2) is 66.5 Å². The number of amides is 1. The Morgan fingerprint density at radius 1 is 1.13 bits per heavy atom. The fraction of sp³-hybridized carbons (Fsp3) is 0.214. The van der Waals surface area contributed by atoms with Crippen molar-refractivity contribution in [3.8, 4) is 11.5 Å². The van der Waals surface area contributed by atoms with Gasteiger partial charge in [-0.15, -0.1) is 11.3 Å². The Morgan fingerprint density at radius 3 is 2.63 bits per heavy atom. The molecule has 1 atom stereocenters. The number of aryl methyl sites for hydroxylation is 2. The van der Waals surface area contributed by atoms with E-state index < -0.39 is 23.5 Å². The van der Waals surface area contributed by atoms with E-state index in [9.17, 15) is 14.7 Å². The van der Waals surface area contributed by atoms with E-state index in [-0.39, 0.29) is 5.57 Å². The highest BCUT2D eigenvalue weighted by molar-refractivity contribution is 7.22. The molecule has 1 N–H and O–H groups in total. The van der Waals surface area contributed by atoms with Crippen molar-refractivity contribution in [1.29, 1.82) is 0 Å². The van der Waals surface area contributed by atoms with E-state index >= 15 is 0 Å². The number of hydrogen-bond acceptors (Lipinski definition) is 9. The van der Waals surface area contributed by atoms with E-state index in [0.29, 0.717) is 51.5 Å². The summed E-state index contributed by atoms with van der Waals surface area (Å²) in [5, 5.41) is 12.2. The number of thiazole rings is 2. The second-order valence-electron chi connectivity index (χ2n) is 8.55. The van der Waals surface area contributed by atoms with Crippen molar-refractivity contribution < 1.29 is 24.2 Å². The van der Waals surface area contributed by atoms with Crippen LogP contribution in [0, 0.1) is 13.8 Å². The normalized spacial score (nSPS) is 15.4. The summed E-state index contributed by atoms with van der Waals surface area (Å²) in [5.74, 6) is -0.498. The average molecular weight is 548 g/mol. The van der Waals surface area contributed by atoms with Crippen molar-refractivity contribution in [2.24, 2.45) is 0 Å². The van der Waals surface area contributed by atoms with Gasteiger partial charge in [-0.2, -0.15) is 0 Å². The molecule has 0 aliphatic carbocycles. The standard InChI is InChI=1S/C28H25N3O5S2/c1-5-12-36-18-9-7-8-17(13-18)23-22(24(32)26-15(3)29-16(4)37-26)25(33)27(34)31(23)28-30-20-11-10-19(35-6-2)14-21(20)38-28/h5,7-11,13-14,23,33H,1,6,12H2,2-4H3. The molecule has 38 heavy (non-hydrogen) atoms. The van der Waals surface area contributed by atoms with Gasteiger partial charge in [-0.3, -0.25) is 14.5 Å². The lowest BCUT2D eigenvalue weighted by atomic mass is 9.95. The summed E-state index contributed by atoms with van der Waals surface area (Å²) in [4.78, 5) is 38.2. The van der Waals surface area contributed by atoms with Crippen molar-refractivity contribution in [1.82, 2.24) is 9.97 Å². The Labute approximate surface area is 227 Å². The van der Waals surface area contributed by atoms with E-state index in [4.69, 9.17) is 9.47 Å². The number of Topliss-reactive ketones (excluding diaryl/α,β-unsaturated/α-hetero) is 1. The fourth-order valence-electron chi connectivity index (χ4n) is 4.40. The Balaban J connectivity index is 1.65. The molecule has 5 rings (SSSR count). The van der Waals surface area contributed by atoms with Crippen molar-refractivity contribution in [2.45, 2.75) is 26.8 Å². The summed E-state index contributed by atoms with van der Waals surface area (Å²) in [5.41, 5.74) is 1.81. The summed E-state index contributed by atoms with van der Waals surface area (Å²) in [6.45, 7) is 9.95. The first-order valence-electron chi connectivity index (χ1n) is 11.9. The Bertz CT molecular complexity index is 1600. The molecule has 1 amide bonds. The number of carbonyl (C=O) groups excluding carboxylic acids is 2. The monoisotopic (exact) mass is 547 g/mol. The number of nitrogens with zero attached hydrogens (tertiary/aromatic N) is 3. The third-order valence-electron chi connectivity index (χ3n) is 5.97. The van der Waals surface area contributed by atoms with Crippen LogP contribution in [0.4, 0.5) is 5.13 Å². The van der Waals surface area contributed by atoms with Crippen LogP contribution in [0.3, 0.4) is 0 Å². The molecule has 1 aliphatic rings. The highest BCUT2D eigenvalue weighted by atomic mass is 32.1. The maximum Gasteiger partial charge on any atom is 0.296 e. The van der Waals surface area contributed by atoms with Gasteiger partial charge in [0.15, 0.2) is 10.9 Å². The lowest BCUT2D eigenvalue weighted by molar-refractivity contribution is -0.117. The second-order valence-corrected chi connectivity index (χ2v) is 10.8. The van der Waals surface area contributed by atoms with Crippen LogP contribution in [0.2, 0.25) is 0 Å². The summed E-state index contributed by atoms with van der Waals surface area (Å²) >= 11 is 2.52. The van der Waals surface area contributed by atoms with Crippen molar-refractivity contribution in [2.75, 3.05) is 18.1 Å². The molecule has 1 aliphatic heterocycles. The molecular weight excluding hydrogens is 522 g/mol. The molecule has 4 aromatic rings. The number of aliphatic hydroxyl groups is 1. The number of carbonyl (C=O) groups is 2. The highest BCUT2D eigenvalue weighted by Gasteiger charge is 2.46. The van der Waals surface area contributed by atoms with E-state index in [1.165, 1.54) is 27.6 Å². The number of ether oxygens (including phenoxy) is 2. The maximum absolute atomic E-state index is 13.8. The smallest absolute Gasteiger partial charge is 0.296 e. The summed E-state index contributed by atoms with van der Waals surface area (Å²) in [6, 6.07) is 11.7. The number of fused-ring (bicyclic) bond motifs is 1. The quantitative estimate of drug-likeness (QED) is 0.199. The molecule has 10 heteroatoms. The average Bonchev–Trinajstić information content (AvgIpc) is 3.55. The lowest BCUT2D eigenvalue weighted by Crippen LogP contribution is -2.31. The highest BCUT2D eigenvalue weighted by Crippen LogP contribution is 2.45. The third kappa shape index (κ3) is 4.57. The van der Waals surface area contributed by atoms with E-state index in [1.54, 1.807) is 37.3 Å². The molecular formula is C28H25N3O5S2. The Kier molecular flexibility index (Phi) is 7.00. The number of aromatic nitrogens is 2. The van der Waals surface area contributed by atoms with Crippen LogP contribution in [-0.4, -0.2) is 40.0 Å². The predicted octanol–water partition coefficient (Wildman–Crippen LogP) is 6.12. The van der Waals surface area contributed by atoms with Gasteiger partial charge in [-0.05, 0) is 56.7 Å². The predicted molar refractivity (Wildman–Crippen MR) is 149 cm³/mol. The van der Waals surface area contributed by atoms with Gasteiger partial charge in [0.2, 0.25) is 5.78 Å². The fourth-order valence-corrected chi connectivity index (χ4v) is 6.29. The van der Waals surface area contributed by atoms with Gasteiger partial charge in [0.1, 0.15) is 18.1 Å². The first-order chi connectivity index (χ1) is 18.3. The van der Waals surface area contributed by atoms with E-state index in [2.05, 4.69) is 16.5 Å². The van der Waals surface area contributed by atoms with Crippen LogP contribution < -0.4 is 14.4 Å². The molecule has 0 spiro atoms. The van der Waals surface area contributed by atoms with E-state index in [1.807, 2.05) is 32.0 Å². The molecule has 2 aromatic heterocycles. The third-order valence-corrected chi connectivity index (χ3v) is 8.06. The van der Waals surface area contributed by atoms with Crippen LogP contribution in [-0.2, 0) is 4.79 Å². The number of rotatable bonds is 9. The summed E-state index contributed by atoms with van der Waals surface area (Å²) < 4.78 is 12.1. The first kappa shape index (κ1) is 25.6. The number of hydrogen-bond donors (Lipinski definition) is 1. The largest absolute Gasteiger partial charge is 0.503 e. The number of aliphatic hydroxyl groups excluding tert-OH is 1. The van der Waals surface area contributed by atoms with Crippen molar-refractivity contribution >= 4 is 49.7 Å². The minimum absolute atomic E-state index is 0.0168. The number of anilines is 1. The van der Waals surface area contributed by atoms with Gasteiger partial charge < -0.3 is 14.6 Å². The zero-order chi connectivity index (χ0) is 27.0. The summed E-state index contributed by atoms with van der Waals surface area (Å²) in [7, 11) is 0. The van der Waals surface area contributed by atoms with Gasteiger partial charge in [-0.1, -0.05) is 36.1 Å². The topological polar surface area (TPSA) is 102 Å². The Hall–Kier alpha value is -4.02. The minimum atomic E-state index is -0.920. The first-order valence-corrected chi connectivity index (χ1v) is 13.6. The van der Waals surface area contributed by atoms with E-state index in [0.717, 1.165) is 9.71 Å². The zero-order valence-corrected chi connectivity index (χ0v) is 22.7. The van der Waals surface area contributed by atoms with Crippen molar-refractivity contribution in [3.63, 3.8) is 0 Å². The molecule has 194 valence electrons. The van der Waals surface area contributed by atoms with Gasteiger partial charge in [0, 0.05) is 0 Å². The van der Waals surface area contributed by atoms with Crippen molar-refractivity contribution in [3.05, 3.63) is 87.6 Å². The van der Waals surface area contributed by atoms with Gasteiger partial charge in [0.25, 0.3) is 5.91 Å². The molecule has 0 bridgehead atoms. The zero-order valence-electron chi connectivity index (χ0n) is 21.1. The SMILES string of the molecule is C=CCOc1cccc(C2C(C(=O)c3sc(C)nc3C)=C(O)C(=O)N2c2nc3ccc(OCC)cc3s2)c1. The van der Waals surface area contributed by atoms with Crippen LogP contribution in [0.5, 0.6) is 11.5 Å². The molecule has 0 saturated heterocycles. The molecule has 8 nitrogen and oxygen atoms in total. The second kappa shape index (κ2) is 10.4. The molecule has 0 fully saturated rings. The maximum atomic E-state index is 13.8. The molecule has 0 saturated carbocycles. The lowest BCUT2D eigenvalue weighted by Gasteiger charge is -2.24. The van der Waals surface area contributed by atoms with Gasteiger partial charge >= 0.3 is 0 Å². The van der Waals surface area contributed by atoms with Gasteiger partial charge in [0.05, 0.1) is 44.0 Å². The number of ketones is 1. The van der Waals surface area contributed by atoms with Gasteiger partial charge in [-0.25, -0.2) is 9.97 Å². The van der Waals surface area contributed by atoms with Crippen LogP contribution in [0.1, 0.15) is 38.9 Å². The molecule has 3 heterocycles. The Morgan fingerprint density at radius 2 is 1.92 bits per heavy atom. The summed E-state index contributed by atoms with van der Waals surface area (Å²) in [6.07, 6.45) is 1.63. The number of benzene rings is 2. The minimum Gasteiger partial charge on any atom is -0.503 e. The molecule has 1 unspecified atom stereocenters. The van der Waals surface area contributed by atoms with Crippen LogP contribution in [0.25, 0.3) is 10.2 Å². The van der Waals surface area contributed by atoms with Crippen LogP contribution >= 0.6 is 22.7 Å².